The molecule has 1 aromatic carbocycles. The molecule has 0 aliphatic heterocycles. The van der Waals surface area contributed by atoms with E-state index in [4.69, 9.17) is 0 Å². The Morgan fingerprint density at radius 1 is 1.27 bits per heavy atom. The van der Waals surface area contributed by atoms with Gasteiger partial charge < -0.3 is 10.3 Å². The molecule has 6 heteroatoms. The Morgan fingerprint density at radius 3 is 2.92 bits per heavy atom. The van der Waals surface area contributed by atoms with Crippen LogP contribution in [0.5, 0.6) is 0 Å². The van der Waals surface area contributed by atoms with E-state index < -0.39 is 0 Å². The molecule has 0 spiro atoms. The Balaban J connectivity index is 1.52. The van der Waals surface area contributed by atoms with Gasteiger partial charge in [-0.1, -0.05) is 13.0 Å². The Hall–Kier alpha value is -3.02. The average Bonchev–Trinajstić information content (AvgIpc) is 3.08. The second-order valence-electron chi connectivity index (χ2n) is 6.86. The summed E-state index contributed by atoms with van der Waals surface area (Å²) in [6.45, 7) is 1.90. The first kappa shape index (κ1) is 16.4. The van der Waals surface area contributed by atoms with E-state index >= 15 is 0 Å². The molecule has 2 aromatic heterocycles. The van der Waals surface area contributed by atoms with E-state index in [-0.39, 0.29) is 23.5 Å². The van der Waals surface area contributed by atoms with Crippen molar-refractivity contribution in [2.75, 3.05) is 5.32 Å². The molecule has 26 heavy (non-hydrogen) atoms. The van der Waals surface area contributed by atoms with Crippen molar-refractivity contribution in [2.45, 2.75) is 26.2 Å². The molecule has 1 aliphatic rings. The topological polar surface area (TPSA) is 87.7 Å². The van der Waals surface area contributed by atoms with Crippen LogP contribution in [0.15, 0.2) is 42.6 Å². The van der Waals surface area contributed by atoms with Gasteiger partial charge in [0.2, 0.25) is 5.91 Å². The summed E-state index contributed by atoms with van der Waals surface area (Å²) in [4.78, 5) is 36.3. The number of aromatic amines is 1. The van der Waals surface area contributed by atoms with Gasteiger partial charge in [-0.25, -0.2) is 4.98 Å². The molecule has 1 fully saturated rings. The zero-order valence-electron chi connectivity index (χ0n) is 14.5. The van der Waals surface area contributed by atoms with Gasteiger partial charge in [-0.15, -0.1) is 0 Å². The van der Waals surface area contributed by atoms with Crippen molar-refractivity contribution in [3.05, 3.63) is 42.6 Å². The second kappa shape index (κ2) is 6.71. The molecule has 0 saturated heterocycles. The fourth-order valence-corrected chi connectivity index (χ4v) is 3.43. The van der Waals surface area contributed by atoms with Gasteiger partial charge in [0, 0.05) is 30.1 Å². The molecule has 3 aromatic rings. The number of ketones is 1. The van der Waals surface area contributed by atoms with E-state index in [1.54, 1.807) is 6.20 Å². The zero-order chi connectivity index (χ0) is 18.1. The first-order chi connectivity index (χ1) is 12.6. The van der Waals surface area contributed by atoms with Crippen LogP contribution in [0.2, 0.25) is 0 Å². The Bertz CT molecular complexity index is 964. The van der Waals surface area contributed by atoms with E-state index in [9.17, 15) is 9.59 Å². The molecule has 1 aliphatic carbocycles. The number of amides is 1. The van der Waals surface area contributed by atoms with Gasteiger partial charge in [-0.3, -0.25) is 14.6 Å². The van der Waals surface area contributed by atoms with Crippen LogP contribution in [0, 0.1) is 11.8 Å². The first-order valence-electron chi connectivity index (χ1n) is 8.85. The lowest BCUT2D eigenvalue weighted by Crippen LogP contribution is -2.31. The van der Waals surface area contributed by atoms with Crippen LogP contribution < -0.4 is 5.32 Å². The summed E-state index contributed by atoms with van der Waals surface area (Å²) in [5.41, 5.74) is 3.16. The van der Waals surface area contributed by atoms with Gasteiger partial charge >= 0.3 is 0 Å². The number of hydrogen-bond acceptors (Lipinski definition) is 4. The number of Topliss-reactive ketones (excluding diaryl/α,β-unsaturated/α-hetero) is 1. The van der Waals surface area contributed by atoms with E-state index in [0.717, 1.165) is 22.4 Å². The van der Waals surface area contributed by atoms with Crippen molar-refractivity contribution >= 4 is 28.4 Å². The third kappa shape index (κ3) is 3.22. The third-order valence-electron chi connectivity index (χ3n) is 4.95. The van der Waals surface area contributed by atoms with Crippen LogP contribution in [-0.4, -0.2) is 26.6 Å². The van der Waals surface area contributed by atoms with E-state index in [2.05, 4.69) is 20.3 Å². The van der Waals surface area contributed by atoms with Gasteiger partial charge in [-0.2, -0.15) is 0 Å². The van der Waals surface area contributed by atoms with Gasteiger partial charge in [0.15, 0.2) is 5.82 Å². The number of H-pyrrole nitrogens is 1. The molecular weight excluding hydrogens is 328 g/mol. The van der Waals surface area contributed by atoms with E-state index in [0.29, 0.717) is 25.1 Å². The SMILES string of the molecule is CC1CC(C(=O)Nc2ccc3nc(-c4ccccn4)[nH]c3c2)CCC1=O. The van der Waals surface area contributed by atoms with Crippen LogP contribution in [0.3, 0.4) is 0 Å². The van der Waals surface area contributed by atoms with Crippen molar-refractivity contribution in [1.82, 2.24) is 15.0 Å². The molecule has 2 N–H and O–H groups in total. The number of anilines is 1. The maximum Gasteiger partial charge on any atom is 0.227 e. The Labute approximate surface area is 151 Å². The maximum absolute atomic E-state index is 12.5. The van der Waals surface area contributed by atoms with Crippen LogP contribution in [0.1, 0.15) is 26.2 Å². The predicted octanol–water partition coefficient (Wildman–Crippen LogP) is 3.57. The highest BCUT2D eigenvalue weighted by atomic mass is 16.2. The summed E-state index contributed by atoms with van der Waals surface area (Å²) in [6, 6.07) is 11.3. The van der Waals surface area contributed by atoms with Crippen molar-refractivity contribution in [1.29, 1.82) is 0 Å². The van der Waals surface area contributed by atoms with Crippen molar-refractivity contribution in [2.24, 2.45) is 11.8 Å². The lowest BCUT2D eigenvalue weighted by molar-refractivity contribution is -0.128. The summed E-state index contributed by atoms with van der Waals surface area (Å²) < 4.78 is 0. The molecule has 132 valence electrons. The number of imidazole rings is 1. The lowest BCUT2D eigenvalue weighted by Gasteiger charge is -2.24. The molecule has 1 amide bonds. The molecular formula is C20H20N4O2. The van der Waals surface area contributed by atoms with Crippen LogP contribution in [0.25, 0.3) is 22.6 Å². The van der Waals surface area contributed by atoms with Crippen LogP contribution in [-0.2, 0) is 9.59 Å². The minimum atomic E-state index is -0.107. The largest absolute Gasteiger partial charge is 0.337 e. The molecule has 1 saturated carbocycles. The Morgan fingerprint density at radius 2 is 2.15 bits per heavy atom. The number of benzene rings is 1. The smallest absolute Gasteiger partial charge is 0.227 e. The van der Waals surface area contributed by atoms with Gasteiger partial charge in [0.25, 0.3) is 0 Å². The van der Waals surface area contributed by atoms with E-state index in [1.807, 2.05) is 43.3 Å². The minimum Gasteiger partial charge on any atom is -0.337 e. The van der Waals surface area contributed by atoms with Crippen molar-refractivity contribution < 1.29 is 9.59 Å². The standard InChI is InChI=1S/C20H20N4O2/c1-12-10-13(5-8-18(12)25)20(26)22-14-6-7-15-17(11-14)24-19(23-15)16-4-2-3-9-21-16/h2-4,6-7,9,11-13H,5,8,10H2,1H3,(H,22,26)(H,23,24). The fourth-order valence-electron chi connectivity index (χ4n) is 3.43. The lowest BCUT2D eigenvalue weighted by atomic mass is 9.81. The van der Waals surface area contributed by atoms with Crippen molar-refractivity contribution in [3.63, 3.8) is 0 Å². The molecule has 6 nitrogen and oxygen atoms in total. The van der Waals surface area contributed by atoms with E-state index in [1.165, 1.54) is 0 Å². The van der Waals surface area contributed by atoms with Crippen LogP contribution >= 0.6 is 0 Å². The van der Waals surface area contributed by atoms with Gasteiger partial charge in [0.05, 0.1) is 11.0 Å². The number of nitrogens with one attached hydrogen (secondary N) is 2. The summed E-state index contributed by atoms with van der Waals surface area (Å²) in [5, 5.41) is 2.97. The number of fused-ring (bicyclic) bond motifs is 1. The van der Waals surface area contributed by atoms with Gasteiger partial charge in [0.1, 0.15) is 11.5 Å². The molecule has 0 radical (unpaired) electrons. The number of carbonyl (C=O) groups is 2. The summed E-state index contributed by atoms with van der Waals surface area (Å²) in [7, 11) is 0. The number of carbonyl (C=O) groups excluding carboxylic acids is 2. The quantitative estimate of drug-likeness (QED) is 0.757. The number of rotatable bonds is 3. The number of aromatic nitrogens is 3. The average molecular weight is 348 g/mol. The van der Waals surface area contributed by atoms with Crippen LogP contribution in [0.4, 0.5) is 5.69 Å². The Kier molecular flexibility index (Phi) is 4.24. The zero-order valence-corrected chi connectivity index (χ0v) is 14.5. The predicted molar refractivity (Wildman–Crippen MR) is 99.5 cm³/mol. The highest BCUT2D eigenvalue weighted by Crippen LogP contribution is 2.28. The number of hydrogen-bond donors (Lipinski definition) is 2. The molecule has 2 atom stereocenters. The number of nitrogens with zero attached hydrogens (tertiary/aromatic N) is 2. The monoisotopic (exact) mass is 348 g/mol. The molecule has 4 rings (SSSR count). The fraction of sp³-hybridized carbons (Fsp3) is 0.300. The number of pyridine rings is 1. The normalized spacial score (nSPS) is 20.3. The second-order valence-corrected chi connectivity index (χ2v) is 6.86. The highest BCUT2D eigenvalue weighted by molar-refractivity contribution is 5.96. The third-order valence-corrected chi connectivity index (χ3v) is 4.95. The summed E-state index contributed by atoms with van der Waals surface area (Å²) in [6.07, 6.45) is 3.47. The minimum absolute atomic E-state index is 0.0202. The first-order valence-corrected chi connectivity index (χ1v) is 8.85. The molecule has 2 unspecified atom stereocenters. The van der Waals surface area contributed by atoms with Crippen molar-refractivity contribution in [3.8, 4) is 11.5 Å². The molecule has 2 heterocycles. The molecule has 0 bridgehead atoms. The summed E-state index contributed by atoms with van der Waals surface area (Å²) >= 11 is 0. The maximum atomic E-state index is 12.5. The van der Waals surface area contributed by atoms with Gasteiger partial charge in [-0.05, 0) is 43.2 Å². The summed E-state index contributed by atoms with van der Waals surface area (Å²) in [5.74, 6) is 0.798. The highest BCUT2D eigenvalue weighted by Gasteiger charge is 2.29.